The molecule has 5 N–H and O–H groups in total. The number of ether oxygens (including phenoxy) is 1. The van der Waals surface area contributed by atoms with Gasteiger partial charge in [0.05, 0.1) is 17.0 Å². The number of carbonyl (C=O) groups is 4. The van der Waals surface area contributed by atoms with Gasteiger partial charge in [0, 0.05) is 43.4 Å². The Balaban J connectivity index is 0.000000815. The molecule has 2 aliphatic heterocycles. The van der Waals surface area contributed by atoms with E-state index in [4.69, 9.17) is 34.7 Å². The molecule has 2 saturated heterocycles. The second kappa shape index (κ2) is 16.2. The Morgan fingerprint density at radius 2 is 1.85 bits per heavy atom. The van der Waals surface area contributed by atoms with Gasteiger partial charge in [0.1, 0.15) is 29.8 Å². The van der Waals surface area contributed by atoms with Crippen molar-refractivity contribution in [1.29, 1.82) is 0 Å². The van der Waals surface area contributed by atoms with Gasteiger partial charge in [0.2, 0.25) is 0 Å². The Morgan fingerprint density at radius 3 is 2.40 bits per heavy atom. The number of Topliss-reactive ketones (excluding diaryl/α,β-unsaturated/α-hetero) is 1. The van der Waals surface area contributed by atoms with Gasteiger partial charge in [0.15, 0.2) is 16.6 Å². The number of alkyl halides is 3. The van der Waals surface area contributed by atoms with Gasteiger partial charge in [0.25, 0.3) is 12.0 Å². The molecule has 53 heavy (non-hydrogen) atoms. The van der Waals surface area contributed by atoms with Gasteiger partial charge in [-0.25, -0.2) is 14.8 Å². The van der Waals surface area contributed by atoms with Crippen LogP contribution in [0.3, 0.4) is 0 Å². The second-order valence-electron chi connectivity index (χ2n) is 11.8. The predicted octanol–water partition coefficient (Wildman–Crippen LogP) is 0.165. The number of carboxylic acids is 2. The fourth-order valence-electron chi connectivity index (χ4n) is 4.97. The number of thiazole rings is 1. The molecule has 0 saturated carbocycles. The number of hydrogen-bond donors (Lipinski definition) is 4. The molecule has 5 rings (SSSR count). The van der Waals surface area contributed by atoms with Crippen LogP contribution in [0.5, 0.6) is 5.75 Å². The number of anilines is 2. The van der Waals surface area contributed by atoms with Crippen LogP contribution in [0.15, 0.2) is 40.9 Å². The van der Waals surface area contributed by atoms with Crippen molar-refractivity contribution in [3.05, 3.63) is 41.4 Å². The molecule has 0 bridgehead atoms. The molecule has 24 heteroatoms. The van der Waals surface area contributed by atoms with Crippen LogP contribution >= 0.6 is 11.3 Å². The van der Waals surface area contributed by atoms with Gasteiger partial charge in [-0.15, -0.1) is 15.6 Å². The van der Waals surface area contributed by atoms with Crippen LogP contribution in [-0.4, -0.2) is 113 Å². The van der Waals surface area contributed by atoms with Crippen LogP contribution in [0.25, 0.3) is 10.9 Å². The number of fused-ring (bicyclic) bond motifs is 1. The van der Waals surface area contributed by atoms with Crippen molar-refractivity contribution in [3.8, 4) is 5.75 Å². The topological polar surface area (TPSA) is 276 Å². The molecular weight excluding hydrogens is 759 g/mol. The number of nitrogens with zero attached hydrogens (tertiary/aromatic N) is 5. The molecule has 4 heterocycles. The number of nitrogen functional groups attached to an aromatic ring is 1. The summed E-state index contributed by atoms with van der Waals surface area (Å²) in [6.07, 6.45) is -7.34. The molecular formula is C29H31F3N7O12S2-. The number of carboxylic acid groups (broad SMARTS) is 2. The summed E-state index contributed by atoms with van der Waals surface area (Å²) >= 11 is 0.990. The van der Waals surface area contributed by atoms with Gasteiger partial charge < -0.3 is 40.5 Å². The molecule has 19 nitrogen and oxygen atoms in total. The third kappa shape index (κ3) is 10.5. The van der Waals surface area contributed by atoms with Crippen molar-refractivity contribution >= 4 is 72.9 Å². The molecule has 2 aliphatic rings. The van der Waals surface area contributed by atoms with Crippen molar-refractivity contribution in [2.45, 2.75) is 38.1 Å². The van der Waals surface area contributed by atoms with Crippen molar-refractivity contribution in [2.75, 3.05) is 43.4 Å². The zero-order valence-electron chi connectivity index (χ0n) is 27.6. The number of ketones is 1. The molecule has 288 valence electrons. The Kier molecular flexibility index (Phi) is 12.4. The first-order chi connectivity index (χ1) is 24.7. The molecule has 0 spiro atoms. The van der Waals surface area contributed by atoms with E-state index >= 15 is 0 Å². The average molecular weight is 791 g/mol. The number of nitrogens with two attached hydrogens (primary N) is 1. The van der Waals surface area contributed by atoms with E-state index in [1.165, 1.54) is 19.2 Å². The quantitative estimate of drug-likeness (QED) is 0.0777. The lowest BCUT2D eigenvalue weighted by Gasteiger charge is -2.50. The fraction of sp³-hybridized carbons (Fsp3) is 0.414. The summed E-state index contributed by atoms with van der Waals surface area (Å²) in [4.78, 5) is 62.9. The number of hydroxylamine groups is 2. The number of β-lactam (4-membered cyclic amide) rings is 1. The zero-order chi connectivity index (χ0) is 39.3. The zero-order valence-corrected chi connectivity index (χ0v) is 29.2. The van der Waals surface area contributed by atoms with Crippen molar-refractivity contribution in [2.24, 2.45) is 11.1 Å². The number of oxime groups is 1. The molecule has 0 aliphatic carbocycles. The van der Waals surface area contributed by atoms with E-state index in [9.17, 15) is 41.1 Å². The second-order valence-corrected chi connectivity index (χ2v) is 13.7. The number of piperazine rings is 1. The Hall–Kier alpha value is -5.17. The summed E-state index contributed by atoms with van der Waals surface area (Å²) in [6, 6.07) is 8.95. The van der Waals surface area contributed by atoms with Gasteiger partial charge in [-0.05, 0) is 44.2 Å². The Morgan fingerprint density at radius 1 is 1.19 bits per heavy atom. The van der Waals surface area contributed by atoms with Gasteiger partial charge in [-0.2, -0.15) is 26.7 Å². The highest BCUT2D eigenvalue weighted by Gasteiger charge is 2.57. The third-order valence-electron chi connectivity index (χ3n) is 7.73. The number of nitrogens with one attached hydrogen (secondary N) is 1. The maximum Gasteiger partial charge on any atom is 0.430 e. The van der Waals surface area contributed by atoms with Crippen LogP contribution in [0.1, 0.15) is 26.0 Å². The normalized spacial score (nSPS) is 18.0. The standard InChI is InChI=1S/C27H31N7O10S2.C2HF3O2/c1-27(2)17(24(36)34(27)44-46(39,40)41)12-20(35)23(19-14-45-26(28)31-19)32-43-21(25(37)38)13-42-16-4-5-18-15(11-16)3-6-22(30-18)33-9-7-29-8-10-33;3-2(4,5)1(6)7/h3-6,11,14,17,21,29H,7-10,12-13H2,1-2H3,(H2,28,31)(H,37,38)(H,39,40,41);(H,6,7)/p-1/b32-23-;/t17?,21-;/m0./s1. The molecule has 1 aromatic carbocycles. The van der Waals surface area contributed by atoms with Crippen LogP contribution in [-0.2, 0) is 38.7 Å². The largest absolute Gasteiger partial charge is 0.542 e. The molecule has 2 aromatic heterocycles. The molecule has 2 fully saturated rings. The Bertz CT molecular complexity index is 2000. The van der Waals surface area contributed by atoms with E-state index in [1.807, 2.05) is 12.1 Å². The smallest absolute Gasteiger partial charge is 0.430 e. The van der Waals surface area contributed by atoms with E-state index in [2.05, 4.69) is 24.6 Å². The number of pyridine rings is 1. The lowest BCUT2D eigenvalue weighted by atomic mass is 9.74. The maximum atomic E-state index is 13.3. The van der Waals surface area contributed by atoms with Gasteiger partial charge in [-0.1, -0.05) is 5.16 Å². The Labute approximate surface area is 302 Å². The first-order valence-corrected chi connectivity index (χ1v) is 17.4. The number of carbonyl (C=O) groups excluding carboxylic acids is 3. The van der Waals surface area contributed by atoms with Gasteiger partial charge in [-0.3, -0.25) is 14.1 Å². The van der Waals surface area contributed by atoms with Crippen molar-refractivity contribution < 1.29 is 69.4 Å². The van der Waals surface area contributed by atoms with Gasteiger partial charge >= 0.3 is 22.5 Å². The van der Waals surface area contributed by atoms with Crippen molar-refractivity contribution in [1.82, 2.24) is 20.3 Å². The van der Waals surface area contributed by atoms with E-state index in [-0.39, 0.29) is 10.8 Å². The number of aliphatic carboxylic acids is 2. The molecule has 2 atom stereocenters. The number of amides is 1. The molecule has 1 amide bonds. The maximum absolute atomic E-state index is 13.3. The minimum Gasteiger partial charge on any atom is -0.542 e. The lowest BCUT2D eigenvalue weighted by molar-refractivity contribution is -0.344. The van der Waals surface area contributed by atoms with Crippen LogP contribution in [0.2, 0.25) is 0 Å². The highest BCUT2D eigenvalue weighted by atomic mass is 32.3. The number of benzene rings is 1. The third-order valence-corrected chi connectivity index (χ3v) is 8.74. The number of rotatable bonds is 13. The van der Waals surface area contributed by atoms with Crippen molar-refractivity contribution in [3.63, 3.8) is 0 Å². The monoisotopic (exact) mass is 790 g/mol. The van der Waals surface area contributed by atoms with E-state index in [0.29, 0.717) is 10.8 Å². The minimum absolute atomic E-state index is 0.0182. The number of halogens is 3. The van der Waals surface area contributed by atoms with Crippen LogP contribution < -0.4 is 25.8 Å². The molecule has 3 aromatic rings. The lowest BCUT2D eigenvalue weighted by Crippen LogP contribution is -2.68. The average Bonchev–Trinajstić information content (AvgIpc) is 3.52. The number of aromatic nitrogens is 2. The van der Waals surface area contributed by atoms with Crippen LogP contribution in [0, 0.1) is 5.92 Å². The summed E-state index contributed by atoms with van der Waals surface area (Å²) in [5.41, 5.74) is 4.72. The van der Waals surface area contributed by atoms with E-state index in [1.54, 1.807) is 18.2 Å². The predicted molar refractivity (Wildman–Crippen MR) is 176 cm³/mol. The summed E-state index contributed by atoms with van der Waals surface area (Å²) < 4.78 is 72.8. The molecule has 0 radical (unpaired) electrons. The first kappa shape index (κ1) is 40.6. The molecule has 1 unspecified atom stereocenters. The fourth-order valence-corrected chi connectivity index (χ4v) is 5.98. The first-order valence-electron chi connectivity index (χ1n) is 15.2. The minimum atomic E-state index is -5.19. The summed E-state index contributed by atoms with van der Waals surface area (Å²) in [5.74, 6) is -5.93. The summed E-state index contributed by atoms with van der Waals surface area (Å²) in [5, 5.41) is 28.4. The van der Waals surface area contributed by atoms with E-state index in [0.717, 1.165) is 54.2 Å². The van der Waals surface area contributed by atoms with Crippen LogP contribution in [0.4, 0.5) is 24.1 Å². The van der Waals surface area contributed by atoms with E-state index < -0.39 is 76.5 Å². The summed E-state index contributed by atoms with van der Waals surface area (Å²) in [6.45, 7) is 5.83. The highest BCUT2D eigenvalue weighted by molar-refractivity contribution is 7.80. The summed E-state index contributed by atoms with van der Waals surface area (Å²) in [7, 11) is -4.99. The number of hydrogen-bond acceptors (Lipinski definition) is 17. The highest BCUT2D eigenvalue weighted by Crippen LogP contribution is 2.40. The SMILES string of the molecule is CC1(C)C(CC(=O)/C(=N\O[C@@H](COc2ccc3nc(N4CCNCC4)ccc3c2)C(=O)O)c2csc(N)n2)C(=O)N1OS(=O)(=O)O.O=C([O-])C(F)(F)F.